The number of ether oxygens (including phenoxy) is 1. The summed E-state index contributed by atoms with van der Waals surface area (Å²) in [6, 6.07) is 4.90. The zero-order chi connectivity index (χ0) is 17.4. The first-order chi connectivity index (χ1) is 10.6. The highest BCUT2D eigenvalue weighted by Gasteiger charge is 2.38. The molecule has 2 rings (SSSR count). The van der Waals surface area contributed by atoms with Gasteiger partial charge in [0, 0.05) is 5.56 Å². The normalized spacial score (nSPS) is 11.4. The van der Waals surface area contributed by atoms with Gasteiger partial charge >= 0.3 is 12.1 Å². The van der Waals surface area contributed by atoms with Crippen LogP contribution >= 0.6 is 34.8 Å². The van der Waals surface area contributed by atoms with E-state index in [9.17, 15) is 18.0 Å². The fourth-order valence-corrected chi connectivity index (χ4v) is 2.41. The molecule has 0 fully saturated rings. The molecule has 0 saturated carbocycles. The number of esters is 1. The Hall–Kier alpha value is -1.50. The molecule has 0 amide bonds. The van der Waals surface area contributed by atoms with Crippen molar-refractivity contribution in [1.29, 1.82) is 0 Å². The van der Waals surface area contributed by atoms with Crippen LogP contribution in [-0.4, -0.2) is 18.1 Å². The van der Waals surface area contributed by atoms with Crippen molar-refractivity contribution in [2.24, 2.45) is 0 Å². The summed E-state index contributed by atoms with van der Waals surface area (Å²) in [4.78, 5) is 15.4. The Labute approximate surface area is 143 Å². The topological polar surface area (TPSA) is 39.2 Å². The van der Waals surface area contributed by atoms with Crippen LogP contribution in [0.15, 0.2) is 24.3 Å². The Kier molecular flexibility index (Phi) is 5.08. The van der Waals surface area contributed by atoms with E-state index >= 15 is 0 Å². The Morgan fingerprint density at radius 2 is 1.78 bits per heavy atom. The number of rotatable bonds is 2. The smallest absolute Gasteiger partial charge is 0.417 e. The molecule has 0 atom stereocenters. The third-order valence-corrected chi connectivity index (χ3v) is 3.90. The van der Waals surface area contributed by atoms with Crippen LogP contribution in [0.1, 0.15) is 15.9 Å². The second-order valence-corrected chi connectivity index (χ2v) is 5.51. The Bertz CT molecular complexity index is 779. The third-order valence-electron chi connectivity index (χ3n) is 2.89. The van der Waals surface area contributed by atoms with E-state index in [1.165, 1.54) is 18.2 Å². The van der Waals surface area contributed by atoms with Crippen molar-refractivity contribution in [3.8, 4) is 11.3 Å². The van der Waals surface area contributed by atoms with E-state index in [-0.39, 0.29) is 21.3 Å². The molecule has 1 heterocycles. The molecule has 9 heteroatoms. The van der Waals surface area contributed by atoms with Gasteiger partial charge in [-0.1, -0.05) is 40.9 Å². The van der Waals surface area contributed by atoms with Crippen LogP contribution < -0.4 is 0 Å². The third kappa shape index (κ3) is 3.71. The largest absolute Gasteiger partial charge is 0.465 e. The van der Waals surface area contributed by atoms with E-state index in [1.54, 1.807) is 0 Å². The lowest BCUT2D eigenvalue weighted by Crippen LogP contribution is -2.16. The summed E-state index contributed by atoms with van der Waals surface area (Å²) < 4.78 is 44.0. The van der Waals surface area contributed by atoms with E-state index in [4.69, 9.17) is 34.8 Å². The van der Waals surface area contributed by atoms with Gasteiger partial charge < -0.3 is 4.74 Å². The molecule has 0 radical (unpaired) electrons. The number of methoxy groups -OCH3 is 1. The van der Waals surface area contributed by atoms with Gasteiger partial charge in [0.2, 0.25) is 0 Å². The molecule has 2 aromatic rings. The van der Waals surface area contributed by atoms with Gasteiger partial charge in [-0.3, -0.25) is 0 Å². The fraction of sp³-hybridized carbons (Fsp3) is 0.143. The molecule has 0 saturated heterocycles. The van der Waals surface area contributed by atoms with E-state index in [2.05, 4.69) is 9.72 Å². The molecule has 0 unspecified atom stereocenters. The zero-order valence-electron chi connectivity index (χ0n) is 11.3. The zero-order valence-corrected chi connectivity index (χ0v) is 13.6. The first-order valence-corrected chi connectivity index (χ1v) is 7.10. The maximum absolute atomic E-state index is 13.2. The SMILES string of the molecule is COC(=O)c1c(C(F)(F)F)cc(-c2ccc(Cl)c(Cl)c2)nc1Cl. The number of halogens is 6. The molecule has 0 N–H and O–H groups in total. The van der Waals surface area contributed by atoms with Crippen molar-refractivity contribution in [3.05, 3.63) is 50.6 Å². The summed E-state index contributed by atoms with van der Waals surface area (Å²) in [5, 5.41) is -0.232. The van der Waals surface area contributed by atoms with Crippen molar-refractivity contribution in [2.45, 2.75) is 6.18 Å². The minimum absolute atomic E-state index is 0.103. The molecule has 1 aromatic carbocycles. The van der Waals surface area contributed by atoms with Gasteiger partial charge in [0.1, 0.15) is 10.7 Å². The summed E-state index contributed by atoms with van der Waals surface area (Å²) in [5.74, 6) is -1.23. The quantitative estimate of drug-likeness (QED) is 0.506. The minimum atomic E-state index is -4.82. The molecule has 0 bridgehead atoms. The number of alkyl halides is 3. The molecule has 0 aliphatic carbocycles. The molecule has 122 valence electrons. The van der Waals surface area contributed by atoms with Crippen LogP contribution in [-0.2, 0) is 10.9 Å². The predicted molar refractivity (Wildman–Crippen MR) is 81.0 cm³/mol. The van der Waals surface area contributed by atoms with Gasteiger partial charge in [0.15, 0.2) is 0 Å². The first kappa shape index (κ1) is 17.8. The average molecular weight is 385 g/mol. The van der Waals surface area contributed by atoms with Gasteiger partial charge in [-0.2, -0.15) is 13.2 Å². The Morgan fingerprint density at radius 3 is 2.30 bits per heavy atom. The van der Waals surface area contributed by atoms with Gasteiger partial charge in [-0.25, -0.2) is 9.78 Å². The highest BCUT2D eigenvalue weighted by Crippen LogP contribution is 2.38. The molecule has 0 spiro atoms. The van der Waals surface area contributed by atoms with Crippen LogP contribution in [0.2, 0.25) is 15.2 Å². The van der Waals surface area contributed by atoms with E-state index in [0.29, 0.717) is 6.07 Å². The second kappa shape index (κ2) is 6.55. The number of pyridine rings is 1. The van der Waals surface area contributed by atoms with Crippen molar-refractivity contribution in [3.63, 3.8) is 0 Å². The number of carbonyl (C=O) groups excluding carboxylic acids is 1. The van der Waals surface area contributed by atoms with Gasteiger partial charge in [0.25, 0.3) is 0 Å². The number of benzene rings is 1. The van der Waals surface area contributed by atoms with Crippen molar-refractivity contribution < 1.29 is 22.7 Å². The lowest BCUT2D eigenvalue weighted by atomic mass is 10.0. The molecule has 1 aromatic heterocycles. The van der Waals surface area contributed by atoms with Crippen LogP contribution in [0.3, 0.4) is 0 Å². The number of hydrogen-bond acceptors (Lipinski definition) is 3. The summed E-state index contributed by atoms with van der Waals surface area (Å²) in [7, 11) is 0.950. The number of nitrogens with zero attached hydrogens (tertiary/aromatic N) is 1. The molecular weight excluding hydrogens is 378 g/mol. The minimum Gasteiger partial charge on any atom is -0.465 e. The van der Waals surface area contributed by atoms with Crippen LogP contribution in [0, 0.1) is 0 Å². The monoisotopic (exact) mass is 383 g/mol. The number of aromatic nitrogens is 1. The Balaban J connectivity index is 2.71. The summed E-state index contributed by atoms with van der Waals surface area (Å²) in [6.45, 7) is 0. The van der Waals surface area contributed by atoms with Gasteiger partial charge in [0.05, 0.1) is 28.4 Å². The summed E-state index contributed by atoms with van der Waals surface area (Å²) in [6.07, 6.45) is -4.82. The molecule has 0 aliphatic rings. The highest BCUT2D eigenvalue weighted by atomic mass is 35.5. The van der Waals surface area contributed by atoms with Gasteiger partial charge in [-0.15, -0.1) is 0 Å². The predicted octanol–water partition coefficient (Wildman–Crippen LogP) is 5.51. The highest BCUT2D eigenvalue weighted by molar-refractivity contribution is 6.42. The lowest BCUT2D eigenvalue weighted by Gasteiger charge is -2.14. The maximum Gasteiger partial charge on any atom is 0.417 e. The number of hydrogen-bond donors (Lipinski definition) is 0. The van der Waals surface area contributed by atoms with Gasteiger partial charge in [-0.05, 0) is 18.2 Å². The van der Waals surface area contributed by atoms with Crippen LogP contribution in [0.25, 0.3) is 11.3 Å². The maximum atomic E-state index is 13.2. The van der Waals surface area contributed by atoms with Crippen LogP contribution in [0.5, 0.6) is 0 Å². The lowest BCUT2D eigenvalue weighted by molar-refractivity contribution is -0.138. The Morgan fingerprint density at radius 1 is 1.13 bits per heavy atom. The van der Waals surface area contributed by atoms with Crippen molar-refractivity contribution >= 4 is 40.8 Å². The van der Waals surface area contributed by atoms with E-state index in [0.717, 1.165) is 7.11 Å². The van der Waals surface area contributed by atoms with Crippen molar-refractivity contribution in [1.82, 2.24) is 4.98 Å². The molecule has 23 heavy (non-hydrogen) atoms. The average Bonchev–Trinajstić information content (AvgIpc) is 2.47. The fourth-order valence-electron chi connectivity index (χ4n) is 1.84. The summed E-state index contributed by atoms with van der Waals surface area (Å²) in [5.41, 5.74) is -1.92. The molecule has 0 aliphatic heterocycles. The van der Waals surface area contributed by atoms with Crippen molar-refractivity contribution in [2.75, 3.05) is 7.11 Å². The number of carbonyl (C=O) groups is 1. The standard InChI is InChI=1S/C14H7Cl3F3NO2/c1-23-13(22)11-7(14(18,19)20)5-10(21-12(11)17)6-2-3-8(15)9(16)4-6/h2-5H,1H3. The molecule has 3 nitrogen and oxygen atoms in total. The van der Waals surface area contributed by atoms with Crippen LogP contribution in [0.4, 0.5) is 13.2 Å². The summed E-state index contributed by atoms with van der Waals surface area (Å²) >= 11 is 17.4. The van der Waals surface area contributed by atoms with E-state index < -0.39 is 28.4 Å². The van der Waals surface area contributed by atoms with E-state index in [1.807, 2.05) is 0 Å². The first-order valence-electron chi connectivity index (χ1n) is 5.96. The second-order valence-electron chi connectivity index (χ2n) is 4.34. The molecular formula is C14H7Cl3F3NO2.